The molecule has 0 heterocycles. The largest absolute Gasteiger partial charge is 0.0876 e. The maximum atomic E-state index is 2.45. The lowest BCUT2D eigenvalue weighted by Gasteiger charge is -2.25. The van der Waals surface area contributed by atoms with Crippen LogP contribution in [0, 0.1) is 5.92 Å². The van der Waals surface area contributed by atoms with Gasteiger partial charge < -0.3 is 0 Å². The number of allylic oxidation sites excluding steroid dienone is 8. The fourth-order valence-corrected chi connectivity index (χ4v) is 2.58. The van der Waals surface area contributed by atoms with Crippen LogP contribution in [0.2, 0.25) is 0 Å². The van der Waals surface area contributed by atoms with Crippen molar-refractivity contribution in [2.45, 2.75) is 25.7 Å². The molecule has 0 N–H and O–H groups in total. The summed E-state index contributed by atoms with van der Waals surface area (Å²) < 4.78 is 0. The summed E-state index contributed by atoms with van der Waals surface area (Å²) in [5.74, 6) is 0.732. The predicted molar refractivity (Wildman–Crippen MR) is 55.3 cm³/mol. The van der Waals surface area contributed by atoms with Gasteiger partial charge in [-0.15, -0.1) is 0 Å². The van der Waals surface area contributed by atoms with E-state index in [0.29, 0.717) is 0 Å². The SMILES string of the molecule is C1=CC2CC3=C(C=C2CC1)CC=C3. The van der Waals surface area contributed by atoms with E-state index < -0.39 is 0 Å². The highest BCUT2D eigenvalue weighted by molar-refractivity contribution is 5.47. The van der Waals surface area contributed by atoms with Gasteiger partial charge in [0.15, 0.2) is 0 Å². The molecule has 0 aromatic rings. The van der Waals surface area contributed by atoms with Gasteiger partial charge >= 0.3 is 0 Å². The molecule has 0 fully saturated rings. The predicted octanol–water partition coefficient (Wildman–Crippen LogP) is 3.54. The smallest absolute Gasteiger partial charge is 0.00206 e. The summed E-state index contributed by atoms with van der Waals surface area (Å²) in [7, 11) is 0. The van der Waals surface area contributed by atoms with Crippen molar-refractivity contribution in [1.29, 1.82) is 0 Å². The fraction of sp³-hybridized carbons (Fsp3) is 0.385. The minimum atomic E-state index is 0.732. The minimum absolute atomic E-state index is 0.732. The number of rotatable bonds is 0. The molecule has 0 spiro atoms. The van der Waals surface area contributed by atoms with Crippen LogP contribution in [0.3, 0.4) is 0 Å². The van der Waals surface area contributed by atoms with Gasteiger partial charge in [-0.25, -0.2) is 0 Å². The van der Waals surface area contributed by atoms with Crippen LogP contribution in [0.15, 0.2) is 47.1 Å². The number of hydrogen-bond donors (Lipinski definition) is 0. The van der Waals surface area contributed by atoms with Crippen molar-refractivity contribution in [2.75, 3.05) is 0 Å². The van der Waals surface area contributed by atoms with Crippen LogP contribution < -0.4 is 0 Å². The Hall–Kier alpha value is -1.04. The summed E-state index contributed by atoms with van der Waals surface area (Å²) in [5.41, 5.74) is 4.84. The van der Waals surface area contributed by atoms with Crippen molar-refractivity contribution in [3.8, 4) is 0 Å². The Kier molecular flexibility index (Phi) is 1.55. The molecule has 66 valence electrons. The molecule has 0 nitrogen and oxygen atoms in total. The van der Waals surface area contributed by atoms with Crippen molar-refractivity contribution in [3.63, 3.8) is 0 Å². The van der Waals surface area contributed by atoms with Crippen LogP contribution in [0.5, 0.6) is 0 Å². The maximum absolute atomic E-state index is 2.45. The Morgan fingerprint density at radius 2 is 2.15 bits per heavy atom. The minimum Gasteiger partial charge on any atom is -0.0876 e. The van der Waals surface area contributed by atoms with Crippen molar-refractivity contribution >= 4 is 0 Å². The van der Waals surface area contributed by atoms with Gasteiger partial charge in [0.1, 0.15) is 0 Å². The first kappa shape index (κ1) is 7.37. The molecular weight excluding hydrogens is 156 g/mol. The van der Waals surface area contributed by atoms with Crippen LogP contribution in [-0.2, 0) is 0 Å². The van der Waals surface area contributed by atoms with E-state index in [1.165, 1.54) is 25.7 Å². The molecule has 3 aliphatic rings. The quantitative estimate of drug-likeness (QED) is 0.488. The maximum Gasteiger partial charge on any atom is 0.00206 e. The lowest BCUT2D eigenvalue weighted by molar-refractivity contribution is 0.667. The summed E-state index contributed by atoms with van der Waals surface area (Å²) >= 11 is 0. The van der Waals surface area contributed by atoms with Gasteiger partial charge in [-0.2, -0.15) is 0 Å². The third-order valence-electron chi connectivity index (χ3n) is 3.31. The van der Waals surface area contributed by atoms with E-state index >= 15 is 0 Å². The molecule has 1 atom stereocenters. The summed E-state index contributed by atoms with van der Waals surface area (Å²) in [6.07, 6.45) is 16.8. The summed E-state index contributed by atoms with van der Waals surface area (Å²) in [6.45, 7) is 0. The fourth-order valence-electron chi connectivity index (χ4n) is 2.58. The van der Waals surface area contributed by atoms with E-state index in [-0.39, 0.29) is 0 Å². The molecular formula is C13H14. The molecule has 0 heteroatoms. The van der Waals surface area contributed by atoms with Gasteiger partial charge in [0.05, 0.1) is 0 Å². The van der Waals surface area contributed by atoms with Gasteiger partial charge in [-0.05, 0) is 36.8 Å². The lowest BCUT2D eigenvalue weighted by Crippen LogP contribution is -2.10. The molecule has 13 heavy (non-hydrogen) atoms. The van der Waals surface area contributed by atoms with Crippen molar-refractivity contribution in [1.82, 2.24) is 0 Å². The highest BCUT2D eigenvalue weighted by atomic mass is 14.3. The molecule has 3 rings (SSSR count). The van der Waals surface area contributed by atoms with E-state index in [4.69, 9.17) is 0 Å². The van der Waals surface area contributed by atoms with Crippen molar-refractivity contribution < 1.29 is 0 Å². The summed E-state index contributed by atoms with van der Waals surface area (Å²) in [4.78, 5) is 0. The van der Waals surface area contributed by atoms with Crippen LogP contribution in [0.4, 0.5) is 0 Å². The molecule has 0 aromatic heterocycles. The molecule has 0 aliphatic heterocycles. The molecule has 1 unspecified atom stereocenters. The van der Waals surface area contributed by atoms with Gasteiger partial charge in [0, 0.05) is 5.92 Å². The van der Waals surface area contributed by atoms with Gasteiger partial charge in [0.2, 0.25) is 0 Å². The van der Waals surface area contributed by atoms with E-state index in [2.05, 4.69) is 30.4 Å². The number of fused-ring (bicyclic) bond motifs is 1. The van der Waals surface area contributed by atoms with Gasteiger partial charge in [0.25, 0.3) is 0 Å². The zero-order chi connectivity index (χ0) is 8.67. The number of hydrogen-bond acceptors (Lipinski definition) is 0. The average molecular weight is 170 g/mol. The second-order valence-electron chi connectivity index (χ2n) is 4.15. The molecule has 0 aromatic carbocycles. The first-order valence-corrected chi connectivity index (χ1v) is 5.19. The second-order valence-corrected chi connectivity index (χ2v) is 4.15. The van der Waals surface area contributed by atoms with E-state index in [1.807, 2.05) is 0 Å². The van der Waals surface area contributed by atoms with Crippen LogP contribution in [0.1, 0.15) is 25.7 Å². The normalized spacial score (nSPS) is 30.2. The van der Waals surface area contributed by atoms with Crippen molar-refractivity contribution in [3.05, 3.63) is 47.1 Å². The zero-order valence-electron chi connectivity index (χ0n) is 7.79. The summed E-state index contributed by atoms with van der Waals surface area (Å²) in [5, 5.41) is 0. The Bertz CT molecular complexity index is 350. The zero-order valence-corrected chi connectivity index (χ0v) is 7.79. The Morgan fingerprint density at radius 3 is 3.15 bits per heavy atom. The monoisotopic (exact) mass is 170 g/mol. The summed E-state index contributed by atoms with van der Waals surface area (Å²) in [6, 6.07) is 0. The van der Waals surface area contributed by atoms with Crippen LogP contribution >= 0.6 is 0 Å². The Balaban J connectivity index is 2.00. The topological polar surface area (TPSA) is 0 Å². The molecule has 0 saturated heterocycles. The second kappa shape index (κ2) is 2.73. The Morgan fingerprint density at radius 1 is 1.15 bits per heavy atom. The lowest BCUT2D eigenvalue weighted by atomic mass is 9.80. The first-order chi connectivity index (χ1) is 6.43. The highest BCUT2D eigenvalue weighted by Crippen LogP contribution is 2.39. The van der Waals surface area contributed by atoms with Crippen molar-refractivity contribution in [2.24, 2.45) is 5.92 Å². The first-order valence-electron chi connectivity index (χ1n) is 5.19. The van der Waals surface area contributed by atoms with Gasteiger partial charge in [-0.1, -0.05) is 36.0 Å². The molecule has 3 aliphatic carbocycles. The highest BCUT2D eigenvalue weighted by Gasteiger charge is 2.22. The molecule has 0 saturated carbocycles. The van der Waals surface area contributed by atoms with E-state index in [0.717, 1.165) is 5.92 Å². The average Bonchev–Trinajstić information content (AvgIpc) is 2.61. The molecule has 0 bridgehead atoms. The Labute approximate surface area is 79.3 Å². The van der Waals surface area contributed by atoms with Crippen LogP contribution in [0.25, 0.3) is 0 Å². The third-order valence-corrected chi connectivity index (χ3v) is 3.31. The molecule has 0 radical (unpaired) electrons. The third kappa shape index (κ3) is 1.13. The van der Waals surface area contributed by atoms with Gasteiger partial charge in [-0.3, -0.25) is 0 Å². The standard InChI is InChI=1S/C13H14/c1-2-5-11-9-13-7-3-6-12(13)8-10(11)4-1/h1,3-4,6,9-10H,2,5,7-8H2. The van der Waals surface area contributed by atoms with Crippen LogP contribution in [-0.4, -0.2) is 0 Å². The van der Waals surface area contributed by atoms with E-state index in [1.54, 1.807) is 16.7 Å². The van der Waals surface area contributed by atoms with E-state index in [9.17, 15) is 0 Å². The molecule has 0 amide bonds.